The molecule has 0 radical (unpaired) electrons. The van der Waals surface area contributed by atoms with Gasteiger partial charge in [-0.25, -0.2) is 0 Å². The molecule has 18 heavy (non-hydrogen) atoms. The van der Waals surface area contributed by atoms with Crippen LogP contribution in [0.5, 0.6) is 0 Å². The van der Waals surface area contributed by atoms with E-state index in [-0.39, 0.29) is 18.0 Å². The number of unbranched alkanes of at least 4 members (excludes halogenated alkanes) is 1. The Balaban J connectivity index is 3.59. The Labute approximate surface area is 109 Å². The minimum absolute atomic E-state index is 0.0390. The number of hydrogen-bond acceptors (Lipinski definition) is 4. The Morgan fingerprint density at radius 3 is 2.28 bits per heavy atom. The van der Waals surface area contributed by atoms with Gasteiger partial charge >= 0.3 is 11.9 Å². The Bertz CT molecular complexity index is 292. The molecule has 0 N–H and O–H groups in total. The predicted molar refractivity (Wildman–Crippen MR) is 70.1 cm³/mol. The monoisotopic (exact) mass is 256 g/mol. The van der Waals surface area contributed by atoms with E-state index in [4.69, 9.17) is 9.47 Å². The van der Waals surface area contributed by atoms with Gasteiger partial charge in [0, 0.05) is 13.3 Å². The lowest BCUT2D eigenvalue weighted by molar-refractivity contribution is -0.147. The number of carbonyl (C=O) groups excluding carboxylic acids is 2. The summed E-state index contributed by atoms with van der Waals surface area (Å²) in [6.07, 6.45) is 5.00. The lowest BCUT2D eigenvalue weighted by atomic mass is 10.1. The summed E-state index contributed by atoms with van der Waals surface area (Å²) in [6.45, 7) is 7.41. The molecule has 0 unspecified atom stereocenters. The first-order chi connectivity index (χ1) is 8.41. The molecule has 0 aromatic heterocycles. The number of allylic oxidation sites excluding steroid dienone is 1. The minimum atomic E-state index is -0.268. The van der Waals surface area contributed by atoms with Gasteiger partial charge in [0.05, 0.1) is 6.10 Å². The third kappa shape index (κ3) is 11.2. The van der Waals surface area contributed by atoms with Crippen LogP contribution in [0.15, 0.2) is 11.6 Å². The van der Waals surface area contributed by atoms with Gasteiger partial charge in [-0.05, 0) is 46.1 Å². The van der Waals surface area contributed by atoms with E-state index < -0.39 is 0 Å². The molecule has 0 aliphatic heterocycles. The SMILES string of the molecule is CC(=O)OC/C=C(\C)CCCCC(=O)OC(C)C. The first-order valence-corrected chi connectivity index (χ1v) is 6.40. The zero-order chi connectivity index (χ0) is 14.0. The number of carbonyl (C=O) groups is 2. The van der Waals surface area contributed by atoms with Gasteiger partial charge in [0.1, 0.15) is 6.61 Å². The van der Waals surface area contributed by atoms with Crippen LogP contribution in [0.3, 0.4) is 0 Å². The Morgan fingerprint density at radius 1 is 1.11 bits per heavy atom. The highest BCUT2D eigenvalue weighted by Crippen LogP contribution is 2.09. The second-order valence-corrected chi connectivity index (χ2v) is 4.60. The van der Waals surface area contributed by atoms with Crippen molar-refractivity contribution in [3.8, 4) is 0 Å². The molecule has 0 fully saturated rings. The van der Waals surface area contributed by atoms with Gasteiger partial charge < -0.3 is 9.47 Å². The fourth-order valence-electron chi connectivity index (χ4n) is 1.40. The Morgan fingerprint density at radius 2 is 1.72 bits per heavy atom. The van der Waals surface area contributed by atoms with Gasteiger partial charge in [-0.1, -0.05) is 5.57 Å². The number of ether oxygens (including phenoxy) is 2. The van der Waals surface area contributed by atoms with E-state index >= 15 is 0 Å². The van der Waals surface area contributed by atoms with E-state index in [9.17, 15) is 9.59 Å². The van der Waals surface area contributed by atoms with Crippen LogP contribution < -0.4 is 0 Å². The Kier molecular flexibility index (Phi) is 8.97. The maximum Gasteiger partial charge on any atom is 0.306 e. The average molecular weight is 256 g/mol. The van der Waals surface area contributed by atoms with Gasteiger partial charge in [0.25, 0.3) is 0 Å². The molecule has 104 valence electrons. The molecular formula is C14H24O4. The second kappa shape index (κ2) is 9.68. The van der Waals surface area contributed by atoms with E-state index in [1.807, 2.05) is 26.8 Å². The van der Waals surface area contributed by atoms with Crippen molar-refractivity contribution < 1.29 is 19.1 Å². The van der Waals surface area contributed by atoms with Crippen LogP contribution in [0.4, 0.5) is 0 Å². The standard InChI is InChI=1S/C14H24O4/c1-11(2)18-14(16)8-6-5-7-12(3)9-10-17-13(4)15/h9,11H,5-8,10H2,1-4H3/b12-9+. The summed E-state index contributed by atoms with van der Waals surface area (Å²) in [5, 5.41) is 0. The zero-order valence-corrected chi connectivity index (χ0v) is 11.8. The number of esters is 2. The van der Waals surface area contributed by atoms with Gasteiger partial charge in [-0.15, -0.1) is 0 Å². The summed E-state index contributed by atoms with van der Waals surface area (Å²) in [5.74, 6) is -0.401. The van der Waals surface area contributed by atoms with Crippen LogP contribution in [0, 0.1) is 0 Å². The van der Waals surface area contributed by atoms with Crippen LogP contribution in [-0.4, -0.2) is 24.6 Å². The third-order valence-electron chi connectivity index (χ3n) is 2.29. The molecular weight excluding hydrogens is 232 g/mol. The largest absolute Gasteiger partial charge is 0.463 e. The summed E-state index contributed by atoms with van der Waals surface area (Å²) in [7, 11) is 0. The topological polar surface area (TPSA) is 52.6 Å². The van der Waals surface area contributed by atoms with E-state index in [2.05, 4.69) is 0 Å². The van der Waals surface area contributed by atoms with Crippen LogP contribution in [0.1, 0.15) is 53.4 Å². The highest BCUT2D eigenvalue weighted by molar-refractivity contribution is 5.69. The van der Waals surface area contributed by atoms with E-state index in [0.717, 1.165) is 19.3 Å². The van der Waals surface area contributed by atoms with Crippen LogP contribution in [0.2, 0.25) is 0 Å². The smallest absolute Gasteiger partial charge is 0.306 e. The quantitative estimate of drug-likeness (QED) is 0.380. The van der Waals surface area contributed by atoms with E-state index in [1.54, 1.807) is 0 Å². The summed E-state index contributed by atoms with van der Waals surface area (Å²) >= 11 is 0. The second-order valence-electron chi connectivity index (χ2n) is 4.60. The fourth-order valence-corrected chi connectivity index (χ4v) is 1.40. The molecule has 0 aromatic carbocycles. The predicted octanol–water partition coefficient (Wildman–Crippen LogP) is 3.01. The van der Waals surface area contributed by atoms with Gasteiger partial charge in [-0.3, -0.25) is 9.59 Å². The summed E-state index contributed by atoms with van der Waals surface area (Å²) in [5.41, 5.74) is 1.17. The molecule has 4 heteroatoms. The van der Waals surface area contributed by atoms with Gasteiger partial charge in [-0.2, -0.15) is 0 Å². The third-order valence-corrected chi connectivity index (χ3v) is 2.29. The molecule has 4 nitrogen and oxygen atoms in total. The summed E-state index contributed by atoms with van der Waals surface area (Å²) in [4.78, 5) is 21.8. The van der Waals surface area contributed by atoms with Crippen molar-refractivity contribution in [2.75, 3.05) is 6.61 Å². The van der Waals surface area contributed by atoms with Gasteiger partial charge in [0.2, 0.25) is 0 Å². The molecule has 0 amide bonds. The fraction of sp³-hybridized carbons (Fsp3) is 0.714. The molecule has 0 saturated heterocycles. The lowest BCUT2D eigenvalue weighted by Crippen LogP contribution is -2.10. The van der Waals surface area contributed by atoms with Crippen molar-refractivity contribution in [2.24, 2.45) is 0 Å². The van der Waals surface area contributed by atoms with Gasteiger partial charge in [0.15, 0.2) is 0 Å². The Hall–Kier alpha value is -1.32. The molecule has 0 heterocycles. The summed E-state index contributed by atoms with van der Waals surface area (Å²) < 4.78 is 9.85. The normalized spacial score (nSPS) is 11.5. The maximum atomic E-state index is 11.3. The van der Waals surface area contributed by atoms with Crippen molar-refractivity contribution in [1.29, 1.82) is 0 Å². The molecule has 0 spiro atoms. The van der Waals surface area contributed by atoms with Crippen LogP contribution in [-0.2, 0) is 19.1 Å². The van der Waals surface area contributed by atoms with Crippen molar-refractivity contribution in [2.45, 2.75) is 59.5 Å². The minimum Gasteiger partial charge on any atom is -0.463 e. The van der Waals surface area contributed by atoms with Crippen molar-refractivity contribution in [1.82, 2.24) is 0 Å². The highest BCUT2D eigenvalue weighted by Gasteiger charge is 2.04. The first kappa shape index (κ1) is 16.7. The van der Waals surface area contributed by atoms with Crippen LogP contribution >= 0.6 is 0 Å². The number of hydrogen-bond donors (Lipinski definition) is 0. The molecule has 0 bridgehead atoms. The molecule has 0 aliphatic rings. The van der Waals surface area contributed by atoms with Crippen molar-refractivity contribution in [3.05, 3.63) is 11.6 Å². The van der Waals surface area contributed by atoms with E-state index in [0.29, 0.717) is 13.0 Å². The molecule has 0 saturated carbocycles. The lowest BCUT2D eigenvalue weighted by Gasteiger charge is -2.07. The maximum absolute atomic E-state index is 11.3. The molecule has 0 rings (SSSR count). The average Bonchev–Trinajstić information content (AvgIpc) is 2.23. The molecule has 0 aromatic rings. The molecule has 0 aliphatic carbocycles. The van der Waals surface area contributed by atoms with Crippen LogP contribution in [0.25, 0.3) is 0 Å². The summed E-state index contributed by atoms with van der Waals surface area (Å²) in [6, 6.07) is 0. The molecule has 0 atom stereocenters. The van der Waals surface area contributed by atoms with Crippen molar-refractivity contribution in [3.63, 3.8) is 0 Å². The highest BCUT2D eigenvalue weighted by atomic mass is 16.5. The zero-order valence-electron chi connectivity index (χ0n) is 11.8. The van der Waals surface area contributed by atoms with E-state index in [1.165, 1.54) is 12.5 Å². The first-order valence-electron chi connectivity index (χ1n) is 6.40. The van der Waals surface area contributed by atoms with Crippen molar-refractivity contribution >= 4 is 11.9 Å². The number of rotatable bonds is 8.